The van der Waals surface area contributed by atoms with E-state index in [4.69, 9.17) is 0 Å². The minimum atomic E-state index is -5.71. The third-order valence-corrected chi connectivity index (χ3v) is 2.05. The molecule has 0 aliphatic heterocycles. The highest BCUT2D eigenvalue weighted by Crippen LogP contribution is 2.47. The summed E-state index contributed by atoms with van der Waals surface area (Å²) >= 11 is 0. The standard InChI is InChI=1S/C9H9F7O2/c1-3-5(17)18-4-8(13,14)9(15,16)7(2,12)6(10)11/h3,6H,1,4H2,2H3. The van der Waals surface area contributed by atoms with Crippen LogP contribution in [0.5, 0.6) is 0 Å². The molecule has 0 aromatic heterocycles. The molecule has 0 bridgehead atoms. The number of ether oxygens (including phenoxy) is 1. The second kappa shape index (κ2) is 5.15. The van der Waals surface area contributed by atoms with Crippen LogP contribution in [0.25, 0.3) is 0 Å². The van der Waals surface area contributed by atoms with Crippen LogP contribution in [0.4, 0.5) is 30.7 Å². The van der Waals surface area contributed by atoms with Crippen LogP contribution in [-0.2, 0) is 9.53 Å². The second-order valence-corrected chi connectivity index (χ2v) is 3.47. The highest BCUT2D eigenvalue weighted by atomic mass is 19.3. The van der Waals surface area contributed by atoms with Crippen LogP contribution in [0.1, 0.15) is 6.92 Å². The molecule has 0 aromatic rings. The maximum atomic E-state index is 13.0. The third kappa shape index (κ3) is 2.94. The maximum Gasteiger partial charge on any atom is 0.352 e. The monoisotopic (exact) mass is 282 g/mol. The van der Waals surface area contributed by atoms with Gasteiger partial charge < -0.3 is 4.74 Å². The first-order chi connectivity index (χ1) is 7.90. The van der Waals surface area contributed by atoms with E-state index >= 15 is 0 Å². The zero-order valence-corrected chi connectivity index (χ0v) is 9.03. The van der Waals surface area contributed by atoms with Gasteiger partial charge >= 0.3 is 17.8 Å². The molecule has 18 heavy (non-hydrogen) atoms. The topological polar surface area (TPSA) is 26.3 Å². The Balaban J connectivity index is 5.07. The van der Waals surface area contributed by atoms with Crippen LogP contribution in [0.2, 0.25) is 0 Å². The van der Waals surface area contributed by atoms with Crippen molar-refractivity contribution in [1.82, 2.24) is 0 Å². The number of hydrogen-bond acceptors (Lipinski definition) is 2. The van der Waals surface area contributed by atoms with Gasteiger partial charge in [0, 0.05) is 6.08 Å². The first kappa shape index (κ1) is 16.7. The van der Waals surface area contributed by atoms with Crippen molar-refractivity contribution in [3.8, 4) is 0 Å². The number of alkyl halides is 7. The number of esters is 1. The molecule has 0 spiro atoms. The van der Waals surface area contributed by atoms with Gasteiger partial charge in [-0.3, -0.25) is 0 Å². The van der Waals surface area contributed by atoms with Gasteiger partial charge in [0.15, 0.2) is 6.61 Å². The molecule has 9 heteroatoms. The van der Waals surface area contributed by atoms with Gasteiger partial charge in [-0.1, -0.05) is 6.58 Å². The molecule has 0 heterocycles. The molecule has 0 fully saturated rings. The Bertz CT molecular complexity index is 325. The molecule has 0 rings (SSSR count). The molecule has 0 aromatic carbocycles. The Morgan fingerprint density at radius 3 is 2.06 bits per heavy atom. The van der Waals surface area contributed by atoms with Gasteiger partial charge in [0.25, 0.3) is 6.43 Å². The summed E-state index contributed by atoms with van der Waals surface area (Å²) in [6.45, 7) is 0.200. The summed E-state index contributed by atoms with van der Waals surface area (Å²) in [5.74, 6) is -12.5. The third-order valence-electron chi connectivity index (χ3n) is 2.05. The van der Waals surface area contributed by atoms with E-state index in [9.17, 15) is 35.5 Å². The number of carbonyl (C=O) groups is 1. The Morgan fingerprint density at radius 2 is 1.72 bits per heavy atom. The molecule has 0 saturated heterocycles. The number of hydrogen-bond donors (Lipinski definition) is 0. The average molecular weight is 282 g/mol. The second-order valence-electron chi connectivity index (χ2n) is 3.47. The smallest absolute Gasteiger partial charge is 0.352 e. The number of halogens is 7. The summed E-state index contributed by atoms with van der Waals surface area (Å²) in [6.07, 6.45) is -3.94. The molecule has 0 aliphatic rings. The lowest BCUT2D eigenvalue weighted by atomic mass is 9.95. The van der Waals surface area contributed by atoms with E-state index in [0.29, 0.717) is 6.08 Å². The van der Waals surface area contributed by atoms with E-state index in [2.05, 4.69) is 11.3 Å². The van der Waals surface area contributed by atoms with Gasteiger partial charge in [0.1, 0.15) is 0 Å². The van der Waals surface area contributed by atoms with Crippen LogP contribution in [-0.4, -0.2) is 36.5 Å². The summed E-state index contributed by atoms with van der Waals surface area (Å²) in [4.78, 5) is 10.4. The molecule has 0 radical (unpaired) electrons. The van der Waals surface area contributed by atoms with Crippen LogP contribution in [0, 0.1) is 0 Å². The van der Waals surface area contributed by atoms with Crippen molar-refractivity contribution in [3.05, 3.63) is 12.7 Å². The first-order valence-corrected chi connectivity index (χ1v) is 4.42. The molecule has 1 unspecified atom stereocenters. The van der Waals surface area contributed by atoms with Gasteiger partial charge in [-0.05, 0) is 6.92 Å². The van der Waals surface area contributed by atoms with Gasteiger partial charge in [-0.15, -0.1) is 0 Å². The van der Waals surface area contributed by atoms with Gasteiger partial charge in [-0.2, -0.15) is 17.6 Å². The summed E-state index contributed by atoms with van der Waals surface area (Å²) in [5, 5.41) is 0. The molecule has 0 amide bonds. The van der Waals surface area contributed by atoms with Crippen molar-refractivity contribution in [2.24, 2.45) is 0 Å². The van der Waals surface area contributed by atoms with Gasteiger partial charge in [-0.25, -0.2) is 18.0 Å². The highest BCUT2D eigenvalue weighted by Gasteiger charge is 2.71. The SMILES string of the molecule is C=CC(=O)OCC(F)(F)C(F)(F)C(C)(F)C(F)F. The van der Waals surface area contributed by atoms with E-state index in [1.165, 1.54) is 0 Å². The molecule has 2 nitrogen and oxygen atoms in total. The summed E-state index contributed by atoms with van der Waals surface area (Å²) < 4.78 is 92.3. The Morgan fingerprint density at radius 1 is 1.28 bits per heavy atom. The Hall–Kier alpha value is -1.28. The highest BCUT2D eigenvalue weighted by molar-refractivity contribution is 5.81. The molecule has 106 valence electrons. The summed E-state index contributed by atoms with van der Waals surface area (Å²) in [5.41, 5.74) is -4.77. The van der Waals surface area contributed by atoms with Crippen molar-refractivity contribution in [3.63, 3.8) is 0 Å². The fourth-order valence-electron chi connectivity index (χ4n) is 0.806. The minimum absolute atomic E-state index is 0.360. The van der Waals surface area contributed by atoms with Crippen LogP contribution in [0.15, 0.2) is 12.7 Å². The fourth-order valence-corrected chi connectivity index (χ4v) is 0.806. The predicted octanol–water partition coefficient (Wildman–Crippen LogP) is 2.98. The largest absolute Gasteiger partial charge is 0.456 e. The maximum absolute atomic E-state index is 13.0. The van der Waals surface area contributed by atoms with Gasteiger partial charge in [0.05, 0.1) is 0 Å². The van der Waals surface area contributed by atoms with E-state index in [0.717, 1.165) is 0 Å². The van der Waals surface area contributed by atoms with E-state index in [1.807, 2.05) is 0 Å². The van der Waals surface area contributed by atoms with Crippen LogP contribution in [0.3, 0.4) is 0 Å². The van der Waals surface area contributed by atoms with Crippen molar-refractivity contribution in [2.45, 2.75) is 30.9 Å². The van der Waals surface area contributed by atoms with Crippen LogP contribution < -0.4 is 0 Å². The molecule has 1 atom stereocenters. The predicted molar refractivity (Wildman–Crippen MR) is 46.6 cm³/mol. The van der Waals surface area contributed by atoms with Crippen LogP contribution >= 0.6 is 0 Å². The Labute approximate surface area is 97.4 Å². The molecular formula is C9H9F7O2. The molecule has 0 aliphatic carbocycles. The minimum Gasteiger partial charge on any atom is -0.456 e. The van der Waals surface area contributed by atoms with E-state index in [-0.39, 0.29) is 6.92 Å². The average Bonchev–Trinajstić information content (AvgIpc) is 2.25. The van der Waals surface area contributed by atoms with E-state index < -0.39 is 36.5 Å². The zero-order chi connectivity index (χ0) is 14.8. The lowest BCUT2D eigenvalue weighted by Crippen LogP contribution is -2.60. The lowest BCUT2D eigenvalue weighted by Gasteiger charge is -2.34. The molecular weight excluding hydrogens is 273 g/mol. The Kier molecular flexibility index (Phi) is 4.78. The van der Waals surface area contributed by atoms with E-state index in [1.54, 1.807) is 0 Å². The summed E-state index contributed by atoms with van der Waals surface area (Å²) in [6, 6.07) is 0. The lowest BCUT2D eigenvalue weighted by molar-refractivity contribution is -0.301. The molecule has 0 N–H and O–H groups in total. The van der Waals surface area contributed by atoms with Crippen molar-refractivity contribution < 1.29 is 40.3 Å². The van der Waals surface area contributed by atoms with Crippen molar-refractivity contribution in [2.75, 3.05) is 6.61 Å². The van der Waals surface area contributed by atoms with Crippen molar-refractivity contribution >= 4 is 5.97 Å². The quantitative estimate of drug-likeness (QED) is 0.425. The number of rotatable bonds is 6. The zero-order valence-electron chi connectivity index (χ0n) is 9.03. The van der Waals surface area contributed by atoms with Crippen molar-refractivity contribution in [1.29, 1.82) is 0 Å². The fraction of sp³-hybridized carbons (Fsp3) is 0.667. The summed E-state index contributed by atoms with van der Waals surface area (Å²) in [7, 11) is 0. The number of carbonyl (C=O) groups excluding carboxylic acids is 1. The molecule has 0 saturated carbocycles. The first-order valence-electron chi connectivity index (χ1n) is 4.42. The normalized spacial score (nSPS) is 16.3. The van der Waals surface area contributed by atoms with Gasteiger partial charge in [0.2, 0.25) is 5.67 Å².